The summed E-state index contributed by atoms with van der Waals surface area (Å²) in [5, 5.41) is 9.47. The minimum absolute atomic E-state index is 0.0312. The third-order valence-electron chi connectivity index (χ3n) is 5.87. The molecule has 1 N–H and O–H groups in total. The van der Waals surface area contributed by atoms with E-state index in [1.54, 1.807) is 4.90 Å². The maximum Gasteiger partial charge on any atom is 0.333 e. The molecule has 166 valence electrons. The summed E-state index contributed by atoms with van der Waals surface area (Å²) in [5.74, 6) is -3.59. The molecule has 3 heterocycles. The van der Waals surface area contributed by atoms with Crippen LogP contribution in [0.25, 0.3) is 0 Å². The van der Waals surface area contributed by atoms with Gasteiger partial charge in [-0.2, -0.15) is 0 Å². The van der Waals surface area contributed by atoms with Gasteiger partial charge in [0.2, 0.25) is 0 Å². The van der Waals surface area contributed by atoms with Gasteiger partial charge in [0.25, 0.3) is 0 Å². The average Bonchev–Trinajstić information content (AvgIpc) is 3.17. The fourth-order valence-electron chi connectivity index (χ4n) is 4.17. The lowest BCUT2D eigenvalue weighted by Crippen LogP contribution is -2.46. The Morgan fingerprint density at radius 2 is 2.03 bits per heavy atom. The minimum atomic E-state index is -1.57. The molecule has 0 aliphatic carbocycles. The van der Waals surface area contributed by atoms with Gasteiger partial charge < -0.3 is 24.4 Å². The third kappa shape index (κ3) is 3.81. The molecule has 0 amide bonds. The maximum absolute atomic E-state index is 15.1. The molecule has 0 saturated carbocycles. The standard InChI is InChI=1S/C21H22F3N3O4/c1-30-21(31-2)5-6-26(11-21)19-16(24)8-12-7-13(20(28)29)10-27(18(12)25-19)17-4-3-14(22)9-15(17)23/h3-4,8-10,16,18H,5-7,11H2,1-2H3,(H,28,29). The van der Waals surface area contributed by atoms with Crippen molar-refractivity contribution in [2.45, 2.75) is 31.0 Å². The molecule has 1 saturated heterocycles. The van der Waals surface area contributed by atoms with E-state index in [1.165, 1.54) is 37.5 Å². The largest absolute Gasteiger partial charge is 0.478 e. The summed E-state index contributed by atoms with van der Waals surface area (Å²) in [6.07, 6.45) is 0.632. The topological polar surface area (TPSA) is 74.6 Å². The number of ether oxygens (including phenoxy) is 2. The molecule has 0 spiro atoms. The first-order valence-electron chi connectivity index (χ1n) is 9.72. The molecule has 2 atom stereocenters. The third-order valence-corrected chi connectivity index (χ3v) is 5.87. The molecule has 4 rings (SSSR count). The Labute approximate surface area is 177 Å². The van der Waals surface area contributed by atoms with E-state index < -0.39 is 35.7 Å². The van der Waals surface area contributed by atoms with Gasteiger partial charge in [-0.15, -0.1) is 0 Å². The SMILES string of the molecule is COC1(OC)CCN(C2=NC3C(=CC2F)CC(C(=O)O)=CN3c2ccc(F)cc2F)C1. The van der Waals surface area contributed by atoms with Crippen molar-refractivity contribution in [2.75, 3.05) is 32.2 Å². The van der Waals surface area contributed by atoms with E-state index >= 15 is 4.39 Å². The molecule has 31 heavy (non-hydrogen) atoms. The molecule has 2 unspecified atom stereocenters. The summed E-state index contributed by atoms with van der Waals surface area (Å²) in [6, 6.07) is 2.98. The van der Waals surface area contributed by atoms with Crippen LogP contribution in [0.15, 0.2) is 46.6 Å². The molecule has 0 radical (unpaired) electrons. The minimum Gasteiger partial charge on any atom is -0.478 e. The maximum atomic E-state index is 15.1. The highest BCUT2D eigenvalue weighted by Gasteiger charge is 2.43. The van der Waals surface area contributed by atoms with Crippen LogP contribution in [-0.2, 0) is 14.3 Å². The quantitative estimate of drug-likeness (QED) is 0.577. The molecule has 3 aliphatic rings. The summed E-state index contributed by atoms with van der Waals surface area (Å²) in [5.41, 5.74) is 0.292. The normalized spacial score (nSPS) is 25.0. The second-order valence-corrected chi connectivity index (χ2v) is 7.63. The van der Waals surface area contributed by atoms with Gasteiger partial charge in [0, 0.05) is 45.9 Å². The fourth-order valence-corrected chi connectivity index (χ4v) is 4.17. The predicted octanol–water partition coefficient (Wildman–Crippen LogP) is 2.84. The number of amidine groups is 1. The number of carbonyl (C=O) groups is 1. The first-order chi connectivity index (χ1) is 14.8. The van der Waals surface area contributed by atoms with E-state index in [0.717, 1.165) is 6.07 Å². The van der Waals surface area contributed by atoms with Crippen molar-refractivity contribution in [1.82, 2.24) is 4.90 Å². The van der Waals surface area contributed by atoms with Crippen LogP contribution in [0.1, 0.15) is 12.8 Å². The highest BCUT2D eigenvalue weighted by molar-refractivity contribution is 5.92. The van der Waals surface area contributed by atoms with Crippen molar-refractivity contribution >= 4 is 17.5 Å². The van der Waals surface area contributed by atoms with Crippen LogP contribution in [0.3, 0.4) is 0 Å². The summed E-state index contributed by atoms with van der Waals surface area (Å²) in [4.78, 5) is 19.1. The number of alkyl halides is 1. The monoisotopic (exact) mass is 437 g/mol. The molecule has 10 heteroatoms. The van der Waals surface area contributed by atoms with Gasteiger partial charge in [0.05, 0.1) is 17.8 Å². The van der Waals surface area contributed by atoms with Crippen molar-refractivity contribution < 1.29 is 32.5 Å². The summed E-state index contributed by atoms with van der Waals surface area (Å²) in [7, 11) is 3.03. The summed E-state index contributed by atoms with van der Waals surface area (Å²) < 4.78 is 53.9. The number of aliphatic imine (C=N–C) groups is 1. The number of fused-ring (bicyclic) bond motifs is 1. The van der Waals surface area contributed by atoms with Crippen molar-refractivity contribution in [2.24, 2.45) is 4.99 Å². The number of benzene rings is 1. The zero-order chi connectivity index (χ0) is 22.3. The van der Waals surface area contributed by atoms with Gasteiger partial charge in [-0.25, -0.2) is 23.0 Å². The lowest BCUT2D eigenvalue weighted by atomic mass is 9.94. The second-order valence-electron chi connectivity index (χ2n) is 7.63. The Balaban J connectivity index is 1.74. The number of rotatable bonds is 4. The number of hydrogen-bond donors (Lipinski definition) is 1. The van der Waals surface area contributed by atoms with E-state index in [0.29, 0.717) is 24.6 Å². The highest BCUT2D eigenvalue weighted by Crippen LogP contribution is 2.37. The Bertz CT molecular complexity index is 990. The molecule has 3 aliphatic heterocycles. The van der Waals surface area contributed by atoms with Crippen molar-refractivity contribution in [3.05, 3.63) is 53.3 Å². The number of anilines is 1. The van der Waals surface area contributed by atoms with Gasteiger partial charge >= 0.3 is 5.97 Å². The van der Waals surface area contributed by atoms with Crippen LogP contribution >= 0.6 is 0 Å². The van der Waals surface area contributed by atoms with Crippen molar-refractivity contribution in [3.8, 4) is 0 Å². The zero-order valence-corrected chi connectivity index (χ0v) is 17.0. The number of dihydropyridines is 1. The Kier molecular flexibility index (Phi) is 5.52. The van der Waals surface area contributed by atoms with Gasteiger partial charge in [-0.05, 0) is 23.8 Å². The molecule has 0 bridgehead atoms. The van der Waals surface area contributed by atoms with Gasteiger partial charge in [-0.3, -0.25) is 0 Å². The lowest BCUT2D eigenvalue weighted by Gasteiger charge is -2.38. The molecule has 1 fully saturated rings. The molecule has 1 aromatic carbocycles. The molecule has 1 aromatic rings. The molecular formula is C21H22F3N3O4. The Hall–Kier alpha value is -2.85. The fraction of sp³-hybridized carbons (Fsp3) is 0.429. The molecular weight excluding hydrogens is 415 g/mol. The van der Waals surface area contributed by atoms with Gasteiger partial charge in [0.1, 0.15) is 23.6 Å². The van der Waals surface area contributed by atoms with Crippen molar-refractivity contribution in [3.63, 3.8) is 0 Å². The number of nitrogens with zero attached hydrogens (tertiary/aromatic N) is 3. The first kappa shape index (κ1) is 21.4. The van der Waals surface area contributed by atoms with E-state index in [1.807, 2.05) is 0 Å². The zero-order valence-electron chi connectivity index (χ0n) is 17.0. The predicted molar refractivity (Wildman–Crippen MR) is 106 cm³/mol. The van der Waals surface area contributed by atoms with Crippen LogP contribution in [0.2, 0.25) is 0 Å². The van der Waals surface area contributed by atoms with Crippen LogP contribution in [-0.4, -0.2) is 67.2 Å². The number of hydrogen-bond acceptors (Lipinski definition) is 6. The number of carboxylic acid groups (broad SMARTS) is 1. The van der Waals surface area contributed by atoms with Gasteiger partial charge in [0.15, 0.2) is 12.0 Å². The average molecular weight is 437 g/mol. The Morgan fingerprint density at radius 3 is 2.65 bits per heavy atom. The van der Waals surface area contributed by atoms with Crippen LogP contribution in [0.4, 0.5) is 18.9 Å². The number of methoxy groups -OCH3 is 2. The summed E-state index contributed by atoms with van der Waals surface area (Å²) >= 11 is 0. The van der Waals surface area contributed by atoms with E-state index in [-0.39, 0.29) is 30.1 Å². The van der Waals surface area contributed by atoms with E-state index in [4.69, 9.17) is 9.47 Å². The van der Waals surface area contributed by atoms with Gasteiger partial charge in [-0.1, -0.05) is 0 Å². The molecule has 7 nitrogen and oxygen atoms in total. The van der Waals surface area contributed by atoms with Crippen LogP contribution in [0.5, 0.6) is 0 Å². The van der Waals surface area contributed by atoms with Crippen molar-refractivity contribution in [1.29, 1.82) is 0 Å². The smallest absolute Gasteiger partial charge is 0.333 e. The molecule has 0 aromatic heterocycles. The highest BCUT2D eigenvalue weighted by atomic mass is 19.1. The second kappa shape index (κ2) is 8.01. The first-order valence-corrected chi connectivity index (χ1v) is 9.72. The van der Waals surface area contributed by atoms with Crippen LogP contribution < -0.4 is 4.90 Å². The Morgan fingerprint density at radius 1 is 1.29 bits per heavy atom. The number of likely N-dealkylation sites (tertiary alicyclic amines) is 1. The number of halogens is 3. The van der Waals surface area contributed by atoms with Crippen LogP contribution in [0, 0.1) is 11.6 Å². The number of carboxylic acids is 1. The lowest BCUT2D eigenvalue weighted by molar-refractivity contribution is -0.193. The van der Waals surface area contributed by atoms with E-state index in [2.05, 4.69) is 4.99 Å². The summed E-state index contributed by atoms with van der Waals surface area (Å²) in [6.45, 7) is 0.703. The number of aliphatic carboxylic acids is 1. The van der Waals surface area contributed by atoms with E-state index in [9.17, 15) is 18.7 Å².